The summed E-state index contributed by atoms with van der Waals surface area (Å²) in [5.41, 5.74) is 12.3. The van der Waals surface area contributed by atoms with Crippen molar-refractivity contribution in [2.75, 3.05) is 0 Å². The van der Waals surface area contributed by atoms with Gasteiger partial charge in [-0.1, -0.05) is 164 Å². The molecule has 0 amide bonds. The Kier molecular flexibility index (Phi) is 7.00. The lowest BCUT2D eigenvalue weighted by molar-refractivity contribution is 0.746. The maximum atomic E-state index is 4.43. The zero-order chi connectivity index (χ0) is 31.1. The van der Waals surface area contributed by atoms with E-state index in [2.05, 4.69) is 177 Å². The first-order valence-electron chi connectivity index (χ1n) is 16.3. The van der Waals surface area contributed by atoms with Crippen LogP contribution in [0.25, 0.3) is 49.4 Å². The van der Waals surface area contributed by atoms with Gasteiger partial charge in [0.05, 0.1) is 5.41 Å². The summed E-state index contributed by atoms with van der Waals surface area (Å²) in [7, 11) is 0. The Hall–Kier alpha value is -5.46. The van der Waals surface area contributed by atoms with Crippen molar-refractivity contribution in [1.29, 1.82) is 0 Å². The molecule has 0 aromatic heterocycles. The van der Waals surface area contributed by atoms with E-state index in [1.54, 1.807) is 0 Å². The zero-order valence-electron chi connectivity index (χ0n) is 26.2. The average molecular weight is 589 g/mol. The Labute approximate surface area is 272 Å². The lowest BCUT2D eigenvalue weighted by Crippen LogP contribution is -2.30. The Balaban J connectivity index is 1.49. The molecule has 46 heavy (non-hydrogen) atoms. The van der Waals surface area contributed by atoms with Gasteiger partial charge in [-0.2, -0.15) is 0 Å². The summed E-state index contributed by atoms with van der Waals surface area (Å²) in [6.07, 6.45) is 15.8. The molecule has 0 heterocycles. The molecule has 0 heteroatoms. The van der Waals surface area contributed by atoms with Crippen LogP contribution in [0.5, 0.6) is 0 Å². The number of allylic oxidation sites excluding steroid dienone is 9. The third-order valence-corrected chi connectivity index (χ3v) is 9.86. The minimum Gasteiger partial charge on any atom is -0.0987 e. The molecule has 0 radical (unpaired) electrons. The first-order chi connectivity index (χ1) is 22.8. The molecule has 1 unspecified atom stereocenters. The van der Waals surface area contributed by atoms with Gasteiger partial charge < -0.3 is 0 Å². The fraction of sp³-hybridized carbons (Fsp3) is 0.0870. The van der Waals surface area contributed by atoms with Crippen molar-refractivity contribution in [3.8, 4) is 22.3 Å². The molecule has 0 spiro atoms. The molecule has 8 rings (SSSR count). The minimum absolute atomic E-state index is 0.463. The summed E-state index contributed by atoms with van der Waals surface area (Å²) in [6.45, 7) is 6.54. The first kappa shape index (κ1) is 28.0. The lowest BCUT2D eigenvalue weighted by atomic mass is 9.65. The van der Waals surface area contributed by atoms with E-state index in [0.29, 0.717) is 0 Å². The van der Waals surface area contributed by atoms with E-state index in [1.165, 1.54) is 77.2 Å². The van der Waals surface area contributed by atoms with Gasteiger partial charge in [-0.05, 0) is 103 Å². The number of fused-ring (bicyclic) bond motifs is 3. The van der Waals surface area contributed by atoms with E-state index in [9.17, 15) is 0 Å². The Morgan fingerprint density at radius 2 is 1.22 bits per heavy atom. The average Bonchev–Trinajstić information content (AvgIpc) is 3.41. The summed E-state index contributed by atoms with van der Waals surface area (Å²) in [6, 6.07) is 46.9. The molecule has 2 aliphatic rings. The highest BCUT2D eigenvalue weighted by atomic mass is 14.5. The molecule has 0 bridgehead atoms. The van der Waals surface area contributed by atoms with Gasteiger partial charge in [0.25, 0.3) is 0 Å². The van der Waals surface area contributed by atoms with Crippen molar-refractivity contribution in [2.45, 2.75) is 25.2 Å². The summed E-state index contributed by atoms with van der Waals surface area (Å²) in [5, 5.41) is 5.08. The van der Waals surface area contributed by atoms with Crippen LogP contribution in [0, 0.1) is 0 Å². The fourth-order valence-electron chi connectivity index (χ4n) is 8.07. The van der Waals surface area contributed by atoms with Gasteiger partial charge in [0.2, 0.25) is 0 Å². The quantitative estimate of drug-likeness (QED) is 0.170. The zero-order valence-corrected chi connectivity index (χ0v) is 26.2. The monoisotopic (exact) mass is 588 g/mol. The SMILES string of the molecule is C=CC1=C(/C=C\C)c2ccc(-c3c4ccccc4c(-c4ccccc4)c4ccccc34)cc2C1(C1=CCCC=C1)c1ccccc1. The van der Waals surface area contributed by atoms with Crippen molar-refractivity contribution in [2.24, 2.45) is 0 Å². The van der Waals surface area contributed by atoms with E-state index in [0.717, 1.165) is 12.8 Å². The van der Waals surface area contributed by atoms with Crippen LogP contribution < -0.4 is 0 Å². The van der Waals surface area contributed by atoms with Crippen LogP contribution >= 0.6 is 0 Å². The smallest absolute Gasteiger partial charge is 0.0710 e. The highest BCUT2D eigenvalue weighted by Gasteiger charge is 2.47. The normalized spacial score (nSPS) is 17.5. The molecule has 220 valence electrons. The van der Waals surface area contributed by atoms with E-state index < -0.39 is 5.41 Å². The summed E-state index contributed by atoms with van der Waals surface area (Å²) >= 11 is 0. The maximum Gasteiger partial charge on any atom is 0.0710 e. The van der Waals surface area contributed by atoms with Crippen LogP contribution in [0.2, 0.25) is 0 Å². The van der Waals surface area contributed by atoms with Crippen LogP contribution in [0.15, 0.2) is 182 Å². The fourth-order valence-corrected chi connectivity index (χ4v) is 8.07. The van der Waals surface area contributed by atoms with Crippen LogP contribution in [-0.2, 0) is 5.41 Å². The molecule has 1 atom stereocenters. The Morgan fingerprint density at radius 3 is 1.78 bits per heavy atom. The number of rotatable bonds is 6. The van der Waals surface area contributed by atoms with Crippen molar-refractivity contribution in [1.82, 2.24) is 0 Å². The molecule has 2 aliphatic carbocycles. The second kappa shape index (κ2) is 11.5. The van der Waals surface area contributed by atoms with Crippen molar-refractivity contribution in [3.05, 3.63) is 198 Å². The highest BCUT2D eigenvalue weighted by molar-refractivity contribution is 6.21. The van der Waals surface area contributed by atoms with E-state index >= 15 is 0 Å². The van der Waals surface area contributed by atoms with Gasteiger partial charge in [0, 0.05) is 0 Å². The second-order valence-corrected chi connectivity index (χ2v) is 12.3. The molecule has 6 aromatic rings. The number of hydrogen-bond donors (Lipinski definition) is 0. The third-order valence-electron chi connectivity index (χ3n) is 9.86. The van der Waals surface area contributed by atoms with Crippen molar-refractivity contribution < 1.29 is 0 Å². The number of hydrogen-bond acceptors (Lipinski definition) is 0. The largest absolute Gasteiger partial charge is 0.0987 e. The lowest BCUT2D eigenvalue weighted by Gasteiger charge is -2.36. The van der Waals surface area contributed by atoms with Gasteiger partial charge in [-0.3, -0.25) is 0 Å². The van der Waals surface area contributed by atoms with E-state index in [1.807, 2.05) is 0 Å². The molecular weight excluding hydrogens is 553 g/mol. The first-order valence-corrected chi connectivity index (χ1v) is 16.3. The van der Waals surface area contributed by atoms with E-state index in [4.69, 9.17) is 0 Å². The summed E-state index contributed by atoms with van der Waals surface area (Å²) in [4.78, 5) is 0. The Morgan fingerprint density at radius 1 is 0.630 bits per heavy atom. The second-order valence-electron chi connectivity index (χ2n) is 12.3. The van der Waals surface area contributed by atoms with Gasteiger partial charge in [-0.25, -0.2) is 0 Å². The topological polar surface area (TPSA) is 0 Å². The summed E-state index contributed by atoms with van der Waals surface area (Å²) < 4.78 is 0. The van der Waals surface area contributed by atoms with Gasteiger partial charge in [-0.15, -0.1) is 0 Å². The van der Waals surface area contributed by atoms with Gasteiger partial charge in [0.15, 0.2) is 0 Å². The van der Waals surface area contributed by atoms with Crippen molar-refractivity contribution >= 4 is 27.1 Å². The van der Waals surface area contributed by atoms with Gasteiger partial charge >= 0.3 is 0 Å². The molecule has 0 saturated heterocycles. The van der Waals surface area contributed by atoms with Crippen molar-refractivity contribution in [3.63, 3.8) is 0 Å². The summed E-state index contributed by atoms with van der Waals surface area (Å²) in [5.74, 6) is 0. The standard InChI is InChI=1S/C46H36/c1-3-18-36-37-30-29-33(31-43(37)46(42(36)4-2,34-21-10-6-11-22-34)35-23-12-7-13-24-35)45-40-27-16-14-25-38(40)44(32-19-8-5-9-20-32)39-26-15-17-28-41(39)45/h3-6,8-12,14-31H,2,7,13H2,1H3/b18-3-. The molecule has 0 aliphatic heterocycles. The van der Waals surface area contributed by atoms with E-state index in [-0.39, 0.29) is 0 Å². The molecular formula is C46H36. The van der Waals surface area contributed by atoms with Gasteiger partial charge in [0.1, 0.15) is 0 Å². The molecule has 0 N–H and O–H groups in total. The minimum atomic E-state index is -0.463. The number of benzene rings is 6. The predicted octanol–water partition coefficient (Wildman–Crippen LogP) is 12.4. The van der Waals surface area contributed by atoms with Crippen LogP contribution in [0.4, 0.5) is 0 Å². The Bertz CT molecular complexity index is 2200. The third kappa shape index (κ3) is 4.14. The maximum absolute atomic E-state index is 4.43. The van der Waals surface area contributed by atoms with Crippen LogP contribution in [-0.4, -0.2) is 0 Å². The molecule has 0 fully saturated rings. The van der Waals surface area contributed by atoms with Crippen LogP contribution in [0.1, 0.15) is 36.5 Å². The molecule has 0 saturated carbocycles. The molecule has 0 nitrogen and oxygen atoms in total. The molecule has 6 aromatic carbocycles. The predicted molar refractivity (Wildman–Crippen MR) is 198 cm³/mol. The highest BCUT2D eigenvalue weighted by Crippen LogP contribution is 2.57. The van der Waals surface area contributed by atoms with Crippen LogP contribution in [0.3, 0.4) is 0 Å².